The zero-order valence-corrected chi connectivity index (χ0v) is 9.17. The lowest BCUT2D eigenvalue weighted by Crippen LogP contribution is -2.32. The van der Waals surface area contributed by atoms with Crippen molar-refractivity contribution in [1.82, 2.24) is 0 Å². The van der Waals surface area contributed by atoms with Crippen molar-refractivity contribution in [3.05, 3.63) is 0 Å². The Balaban J connectivity index is 2.62. The largest absolute Gasteiger partial charge is 0.289 e. The van der Waals surface area contributed by atoms with E-state index in [1.165, 1.54) is 6.42 Å². The number of rotatable bonds is 3. The first kappa shape index (κ1) is 10.4. The molecule has 1 rings (SSSR count). The SMILES string of the molecule is CCC(C)C[C@]1(C)CN=CC(C)=N1. The molecule has 0 radical (unpaired) electrons. The summed E-state index contributed by atoms with van der Waals surface area (Å²) in [6, 6.07) is 0. The molecule has 1 heterocycles. The van der Waals surface area contributed by atoms with Gasteiger partial charge < -0.3 is 0 Å². The average Bonchev–Trinajstić information content (AvgIpc) is 2.02. The molecule has 2 atom stereocenters. The normalized spacial score (nSPS) is 30.0. The van der Waals surface area contributed by atoms with Crippen LogP contribution in [0.15, 0.2) is 9.98 Å². The van der Waals surface area contributed by atoms with Crippen molar-refractivity contribution < 1.29 is 0 Å². The van der Waals surface area contributed by atoms with E-state index in [1.807, 2.05) is 13.1 Å². The van der Waals surface area contributed by atoms with Gasteiger partial charge in [-0.3, -0.25) is 9.98 Å². The molecule has 1 aliphatic heterocycles. The highest BCUT2D eigenvalue weighted by atomic mass is 15.0. The second-order valence-corrected chi connectivity index (χ2v) is 4.44. The third-order valence-electron chi connectivity index (χ3n) is 2.64. The molecule has 0 aromatic heterocycles. The molecule has 0 bridgehead atoms. The van der Waals surface area contributed by atoms with E-state index in [0.717, 1.165) is 24.6 Å². The Morgan fingerprint density at radius 3 is 2.85 bits per heavy atom. The predicted molar refractivity (Wildman–Crippen MR) is 58.9 cm³/mol. The van der Waals surface area contributed by atoms with Crippen LogP contribution in [0.3, 0.4) is 0 Å². The first-order chi connectivity index (χ1) is 6.06. The highest BCUT2D eigenvalue weighted by Gasteiger charge is 2.26. The molecule has 0 aliphatic carbocycles. The van der Waals surface area contributed by atoms with Crippen LogP contribution in [0.4, 0.5) is 0 Å². The molecule has 0 aromatic carbocycles. The maximum absolute atomic E-state index is 4.67. The summed E-state index contributed by atoms with van der Waals surface area (Å²) in [5, 5.41) is 0. The molecule has 2 nitrogen and oxygen atoms in total. The average molecular weight is 180 g/mol. The third-order valence-corrected chi connectivity index (χ3v) is 2.64. The van der Waals surface area contributed by atoms with E-state index in [9.17, 15) is 0 Å². The van der Waals surface area contributed by atoms with Gasteiger partial charge in [-0.2, -0.15) is 0 Å². The Morgan fingerprint density at radius 1 is 1.62 bits per heavy atom. The summed E-state index contributed by atoms with van der Waals surface area (Å²) in [6.07, 6.45) is 4.25. The summed E-state index contributed by atoms with van der Waals surface area (Å²) < 4.78 is 0. The third kappa shape index (κ3) is 2.94. The van der Waals surface area contributed by atoms with Crippen molar-refractivity contribution in [2.45, 2.75) is 46.1 Å². The summed E-state index contributed by atoms with van der Waals surface area (Å²) in [7, 11) is 0. The van der Waals surface area contributed by atoms with Crippen molar-refractivity contribution in [2.24, 2.45) is 15.9 Å². The predicted octanol–water partition coefficient (Wildman–Crippen LogP) is 2.73. The Morgan fingerprint density at radius 2 is 2.31 bits per heavy atom. The maximum atomic E-state index is 4.67. The Kier molecular flexibility index (Phi) is 3.23. The molecule has 13 heavy (non-hydrogen) atoms. The molecular formula is C11H20N2. The minimum atomic E-state index is 0.0638. The van der Waals surface area contributed by atoms with Crippen LogP contribution in [-0.2, 0) is 0 Å². The van der Waals surface area contributed by atoms with Gasteiger partial charge in [-0.1, -0.05) is 20.3 Å². The molecule has 0 saturated heterocycles. The Labute approximate surface area is 81.2 Å². The summed E-state index contributed by atoms with van der Waals surface area (Å²) >= 11 is 0. The molecule has 0 saturated carbocycles. The van der Waals surface area contributed by atoms with E-state index in [0.29, 0.717) is 0 Å². The quantitative estimate of drug-likeness (QED) is 0.638. The molecule has 0 amide bonds. The van der Waals surface area contributed by atoms with Crippen molar-refractivity contribution >= 4 is 11.9 Å². The monoisotopic (exact) mass is 180 g/mol. The molecule has 2 heteroatoms. The second kappa shape index (κ2) is 4.03. The molecule has 0 fully saturated rings. The van der Waals surface area contributed by atoms with Gasteiger partial charge in [0.25, 0.3) is 0 Å². The zero-order chi connectivity index (χ0) is 9.90. The molecule has 0 aromatic rings. The molecule has 1 unspecified atom stereocenters. The van der Waals surface area contributed by atoms with Crippen LogP contribution < -0.4 is 0 Å². The molecule has 0 N–H and O–H groups in total. The number of nitrogens with zero attached hydrogens (tertiary/aromatic N) is 2. The first-order valence-electron chi connectivity index (χ1n) is 5.12. The summed E-state index contributed by atoms with van der Waals surface area (Å²) in [5.74, 6) is 0.745. The fraction of sp³-hybridized carbons (Fsp3) is 0.818. The van der Waals surface area contributed by atoms with Crippen molar-refractivity contribution in [2.75, 3.05) is 6.54 Å². The number of hydrogen-bond donors (Lipinski definition) is 0. The lowest BCUT2D eigenvalue weighted by Gasteiger charge is -2.29. The maximum Gasteiger partial charge on any atom is 0.0780 e. The molecule has 1 aliphatic rings. The highest BCUT2D eigenvalue weighted by Crippen LogP contribution is 2.25. The van der Waals surface area contributed by atoms with Crippen molar-refractivity contribution in [1.29, 1.82) is 0 Å². The van der Waals surface area contributed by atoms with Crippen LogP contribution in [-0.4, -0.2) is 24.0 Å². The van der Waals surface area contributed by atoms with E-state index >= 15 is 0 Å². The van der Waals surface area contributed by atoms with E-state index in [1.54, 1.807) is 0 Å². The van der Waals surface area contributed by atoms with E-state index in [4.69, 9.17) is 0 Å². The molecular weight excluding hydrogens is 160 g/mol. The highest BCUT2D eigenvalue weighted by molar-refractivity contribution is 6.30. The molecule has 0 spiro atoms. The lowest BCUT2D eigenvalue weighted by molar-refractivity contribution is 0.357. The standard InChI is InChI=1S/C11H20N2/c1-5-9(2)6-11(4)8-12-7-10(3)13-11/h7,9H,5-6,8H2,1-4H3/t9?,11-/m1/s1. The van der Waals surface area contributed by atoms with Crippen LogP contribution in [0, 0.1) is 5.92 Å². The second-order valence-electron chi connectivity index (χ2n) is 4.44. The van der Waals surface area contributed by atoms with Crippen LogP contribution in [0.2, 0.25) is 0 Å². The van der Waals surface area contributed by atoms with Crippen LogP contribution in [0.1, 0.15) is 40.5 Å². The van der Waals surface area contributed by atoms with Gasteiger partial charge in [0.15, 0.2) is 0 Å². The first-order valence-corrected chi connectivity index (χ1v) is 5.12. The van der Waals surface area contributed by atoms with E-state index in [-0.39, 0.29) is 5.54 Å². The minimum Gasteiger partial charge on any atom is -0.289 e. The van der Waals surface area contributed by atoms with Crippen molar-refractivity contribution in [3.63, 3.8) is 0 Å². The summed E-state index contributed by atoms with van der Waals surface area (Å²) in [6.45, 7) is 9.61. The van der Waals surface area contributed by atoms with Crippen LogP contribution in [0.5, 0.6) is 0 Å². The van der Waals surface area contributed by atoms with Gasteiger partial charge in [-0.15, -0.1) is 0 Å². The van der Waals surface area contributed by atoms with Gasteiger partial charge in [0.2, 0.25) is 0 Å². The Hall–Kier alpha value is -0.660. The summed E-state index contributed by atoms with van der Waals surface area (Å²) in [5.41, 5.74) is 1.13. The number of hydrogen-bond acceptors (Lipinski definition) is 2. The molecule has 74 valence electrons. The lowest BCUT2D eigenvalue weighted by atomic mass is 9.88. The zero-order valence-electron chi connectivity index (χ0n) is 9.17. The topological polar surface area (TPSA) is 24.7 Å². The van der Waals surface area contributed by atoms with Gasteiger partial charge in [-0.25, -0.2) is 0 Å². The van der Waals surface area contributed by atoms with Gasteiger partial charge in [-0.05, 0) is 26.2 Å². The van der Waals surface area contributed by atoms with Gasteiger partial charge in [0.1, 0.15) is 0 Å². The van der Waals surface area contributed by atoms with Crippen LogP contribution in [0.25, 0.3) is 0 Å². The fourth-order valence-electron chi connectivity index (χ4n) is 1.87. The van der Waals surface area contributed by atoms with Gasteiger partial charge in [0.05, 0.1) is 17.8 Å². The van der Waals surface area contributed by atoms with E-state index < -0.39 is 0 Å². The smallest absolute Gasteiger partial charge is 0.0780 e. The Bertz CT molecular complexity index is 230. The summed E-state index contributed by atoms with van der Waals surface area (Å²) in [4.78, 5) is 9.01. The van der Waals surface area contributed by atoms with Crippen LogP contribution >= 0.6 is 0 Å². The minimum absolute atomic E-state index is 0.0638. The fourth-order valence-corrected chi connectivity index (χ4v) is 1.87. The van der Waals surface area contributed by atoms with Gasteiger partial charge >= 0.3 is 0 Å². The van der Waals surface area contributed by atoms with Crippen molar-refractivity contribution in [3.8, 4) is 0 Å². The van der Waals surface area contributed by atoms with E-state index in [2.05, 4.69) is 30.8 Å². The number of aliphatic imine (C=N–C) groups is 2. The van der Waals surface area contributed by atoms with Gasteiger partial charge in [0, 0.05) is 6.21 Å².